The van der Waals surface area contributed by atoms with Crippen molar-refractivity contribution in [2.75, 3.05) is 18.8 Å². The normalized spacial score (nSPS) is 20.2. The Bertz CT molecular complexity index is 1030. The zero-order valence-electron chi connectivity index (χ0n) is 18.3. The molecule has 3 aliphatic rings. The summed E-state index contributed by atoms with van der Waals surface area (Å²) in [6.45, 7) is 2.02. The molecule has 1 amide bonds. The molecule has 0 N–H and O–H groups in total. The fourth-order valence-electron chi connectivity index (χ4n) is 4.94. The van der Waals surface area contributed by atoms with Crippen LogP contribution in [0.4, 0.5) is 0 Å². The molecule has 2 heterocycles. The van der Waals surface area contributed by atoms with E-state index in [1.54, 1.807) is 5.01 Å². The van der Waals surface area contributed by atoms with E-state index in [-0.39, 0.29) is 11.9 Å². The second-order valence-corrected chi connectivity index (χ2v) is 10.5. The topological polar surface area (TPSA) is 35.9 Å². The predicted octanol–water partition coefficient (Wildman–Crippen LogP) is 5.36. The van der Waals surface area contributed by atoms with E-state index in [1.165, 1.54) is 55.0 Å². The third-order valence-electron chi connectivity index (χ3n) is 6.72. The molecule has 1 saturated heterocycles. The highest BCUT2D eigenvalue weighted by atomic mass is 32.2. The van der Waals surface area contributed by atoms with E-state index in [2.05, 4.69) is 35.2 Å². The van der Waals surface area contributed by atoms with Crippen LogP contribution in [0, 0.1) is 0 Å². The number of rotatable bonds is 4. The summed E-state index contributed by atoms with van der Waals surface area (Å²) in [6.07, 6.45) is 7.97. The number of thiocarbonyl (C=S) groups is 1. The number of nitrogens with zero attached hydrogens (tertiary/aromatic N) is 3. The molecule has 6 heteroatoms. The van der Waals surface area contributed by atoms with Crippen molar-refractivity contribution in [2.45, 2.75) is 51.0 Å². The molecule has 0 saturated carbocycles. The van der Waals surface area contributed by atoms with Gasteiger partial charge in [-0.3, -0.25) is 4.79 Å². The Balaban J connectivity index is 1.36. The number of fused-ring (bicyclic) bond motifs is 1. The third kappa shape index (κ3) is 4.62. The van der Waals surface area contributed by atoms with Gasteiger partial charge >= 0.3 is 0 Å². The molecule has 2 aromatic rings. The van der Waals surface area contributed by atoms with E-state index >= 15 is 0 Å². The van der Waals surface area contributed by atoms with Gasteiger partial charge in [0.25, 0.3) is 5.91 Å². The first-order valence-corrected chi connectivity index (χ1v) is 13.1. The second-order valence-electron chi connectivity index (χ2n) is 8.85. The molecule has 166 valence electrons. The zero-order valence-corrected chi connectivity index (χ0v) is 20.0. The molecule has 1 atom stereocenters. The van der Waals surface area contributed by atoms with Gasteiger partial charge in [-0.2, -0.15) is 5.10 Å². The first kappa shape index (κ1) is 21.7. The summed E-state index contributed by atoms with van der Waals surface area (Å²) in [5, 5.41) is 6.58. The Morgan fingerprint density at radius 3 is 2.53 bits per heavy atom. The molecule has 0 aromatic heterocycles. The van der Waals surface area contributed by atoms with Gasteiger partial charge in [0.1, 0.15) is 4.32 Å². The number of carbonyl (C=O) groups excluding carboxylic acids is 1. The molecular weight excluding hydrogens is 434 g/mol. The van der Waals surface area contributed by atoms with Crippen LogP contribution in [-0.2, 0) is 17.6 Å². The molecular formula is C26H29N3OS2. The highest BCUT2D eigenvalue weighted by Gasteiger charge is 2.33. The van der Waals surface area contributed by atoms with E-state index < -0.39 is 0 Å². The number of hydrazone groups is 1. The first-order valence-electron chi connectivity index (χ1n) is 11.7. The molecule has 0 bridgehead atoms. The summed E-state index contributed by atoms with van der Waals surface area (Å²) in [5.41, 5.74) is 6.21. The quantitative estimate of drug-likeness (QED) is 0.572. The Morgan fingerprint density at radius 2 is 1.75 bits per heavy atom. The number of benzene rings is 2. The highest BCUT2D eigenvalue weighted by molar-refractivity contribution is 8.23. The highest BCUT2D eigenvalue weighted by Crippen LogP contribution is 2.34. The van der Waals surface area contributed by atoms with E-state index in [9.17, 15) is 4.79 Å². The van der Waals surface area contributed by atoms with Gasteiger partial charge in [-0.15, -0.1) is 0 Å². The fraction of sp³-hybridized carbons (Fsp3) is 0.423. The van der Waals surface area contributed by atoms with Gasteiger partial charge in [0.15, 0.2) is 0 Å². The standard InChI is InChI=1S/C26H29N3OS2/c30-25(18-32-26(31)28-14-6-7-15-28)29-24(20-9-2-1-3-10-20)17-23(27-29)22-13-12-19-8-4-5-11-21(19)16-22/h1-3,9-10,12-13,16,24H,4-8,11,14-15,17-18H2/t24-/m1/s1. The number of amides is 1. The number of carbonyl (C=O) groups is 1. The van der Waals surface area contributed by atoms with E-state index in [4.69, 9.17) is 17.3 Å². The van der Waals surface area contributed by atoms with Crippen molar-refractivity contribution in [1.29, 1.82) is 0 Å². The third-order valence-corrected chi connectivity index (χ3v) is 8.22. The number of likely N-dealkylation sites (tertiary alicyclic amines) is 1. The lowest BCUT2D eigenvalue weighted by molar-refractivity contribution is -0.130. The molecule has 0 radical (unpaired) electrons. The van der Waals surface area contributed by atoms with Gasteiger partial charge in [-0.1, -0.05) is 66.4 Å². The Hall–Kier alpha value is -2.18. The maximum Gasteiger partial charge on any atom is 0.253 e. The maximum atomic E-state index is 13.3. The van der Waals surface area contributed by atoms with Crippen molar-refractivity contribution in [2.24, 2.45) is 5.10 Å². The second kappa shape index (κ2) is 9.75. The molecule has 5 rings (SSSR count). The van der Waals surface area contributed by atoms with E-state index in [0.29, 0.717) is 5.75 Å². The van der Waals surface area contributed by atoms with Crippen LogP contribution in [0.2, 0.25) is 0 Å². The van der Waals surface area contributed by atoms with Crippen molar-refractivity contribution in [3.63, 3.8) is 0 Å². The minimum atomic E-state index is -0.0595. The fourth-order valence-corrected chi connectivity index (χ4v) is 6.05. The minimum Gasteiger partial charge on any atom is -0.358 e. The average molecular weight is 464 g/mol. The van der Waals surface area contributed by atoms with Crippen molar-refractivity contribution in [3.05, 3.63) is 70.8 Å². The zero-order chi connectivity index (χ0) is 21.9. The lowest BCUT2D eigenvalue weighted by atomic mass is 9.89. The molecule has 0 unspecified atom stereocenters. The minimum absolute atomic E-state index is 0.0263. The smallest absolute Gasteiger partial charge is 0.253 e. The summed E-state index contributed by atoms with van der Waals surface area (Å²) < 4.78 is 0.838. The molecule has 2 aliphatic heterocycles. The lowest BCUT2D eigenvalue weighted by Gasteiger charge is -2.23. The average Bonchev–Trinajstić information content (AvgIpc) is 3.53. The summed E-state index contributed by atoms with van der Waals surface area (Å²) in [6, 6.07) is 17.0. The number of hydrogen-bond donors (Lipinski definition) is 0. The lowest BCUT2D eigenvalue weighted by Crippen LogP contribution is -2.30. The monoisotopic (exact) mass is 463 g/mol. The van der Waals surface area contributed by atoms with E-state index in [0.717, 1.165) is 47.1 Å². The molecule has 1 aliphatic carbocycles. The van der Waals surface area contributed by atoms with Crippen LogP contribution < -0.4 is 0 Å². The number of aryl methyl sites for hydroxylation is 2. The van der Waals surface area contributed by atoms with Gasteiger partial charge in [0.05, 0.1) is 17.5 Å². The Morgan fingerprint density at radius 1 is 1.00 bits per heavy atom. The predicted molar refractivity (Wildman–Crippen MR) is 136 cm³/mol. The number of hydrogen-bond acceptors (Lipinski definition) is 4. The van der Waals surface area contributed by atoms with Crippen LogP contribution in [0.5, 0.6) is 0 Å². The molecule has 4 nitrogen and oxygen atoms in total. The van der Waals surface area contributed by atoms with Crippen molar-refractivity contribution < 1.29 is 4.79 Å². The Kier molecular flexibility index (Phi) is 6.60. The summed E-state index contributed by atoms with van der Waals surface area (Å²) in [5.74, 6) is 0.359. The molecule has 2 aromatic carbocycles. The molecule has 32 heavy (non-hydrogen) atoms. The first-order chi connectivity index (χ1) is 15.7. The summed E-state index contributed by atoms with van der Waals surface area (Å²) in [7, 11) is 0. The largest absolute Gasteiger partial charge is 0.358 e. The van der Waals surface area contributed by atoms with Gasteiger partial charge in [0.2, 0.25) is 0 Å². The van der Waals surface area contributed by atoms with Crippen LogP contribution in [0.15, 0.2) is 53.6 Å². The SMILES string of the molecule is O=C(CSC(=S)N1CCCC1)N1N=C(c2ccc3c(c2)CCCC3)C[C@@H]1c1ccccc1. The van der Waals surface area contributed by atoms with Gasteiger partial charge < -0.3 is 4.90 Å². The maximum absolute atomic E-state index is 13.3. The van der Waals surface area contributed by atoms with Gasteiger partial charge in [0, 0.05) is 19.5 Å². The van der Waals surface area contributed by atoms with Gasteiger partial charge in [-0.25, -0.2) is 5.01 Å². The summed E-state index contributed by atoms with van der Waals surface area (Å²) >= 11 is 7.05. The van der Waals surface area contributed by atoms with Crippen molar-refractivity contribution >= 4 is 39.9 Å². The van der Waals surface area contributed by atoms with Crippen LogP contribution in [-0.4, -0.2) is 44.7 Å². The van der Waals surface area contributed by atoms with Crippen LogP contribution in [0.1, 0.15) is 60.4 Å². The molecule has 0 spiro atoms. The van der Waals surface area contributed by atoms with Crippen LogP contribution in [0.25, 0.3) is 0 Å². The number of thioether (sulfide) groups is 1. The van der Waals surface area contributed by atoms with Crippen molar-refractivity contribution in [1.82, 2.24) is 9.91 Å². The van der Waals surface area contributed by atoms with Crippen molar-refractivity contribution in [3.8, 4) is 0 Å². The van der Waals surface area contributed by atoms with Crippen LogP contribution >= 0.6 is 24.0 Å². The molecule has 1 fully saturated rings. The summed E-state index contributed by atoms with van der Waals surface area (Å²) in [4.78, 5) is 15.5. The van der Waals surface area contributed by atoms with Gasteiger partial charge in [-0.05, 0) is 66.8 Å². The van der Waals surface area contributed by atoms with E-state index in [1.807, 2.05) is 18.2 Å². The Labute approximate surface area is 200 Å². The van der Waals surface area contributed by atoms with Crippen LogP contribution in [0.3, 0.4) is 0 Å².